The van der Waals surface area contributed by atoms with E-state index in [1.54, 1.807) is 18.2 Å². The van der Waals surface area contributed by atoms with Gasteiger partial charge in [-0.2, -0.15) is 0 Å². The van der Waals surface area contributed by atoms with Gasteiger partial charge in [0.05, 0.1) is 7.11 Å². The van der Waals surface area contributed by atoms with Gasteiger partial charge in [-0.05, 0) is 12.1 Å². The highest BCUT2D eigenvalue weighted by atomic mass is 16.5. The number of benzene rings is 1. The number of hydrogen-bond donors (Lipinski definition) is 2. The molecule has 0 aliphatic rings. The summed E-state index contributed by atoms with van der Waals surface area (Å²) in [5.41, 5.74) is 9.94. The number of methoxy groups -OCH3 is 1. The summed E-state index contributed by atoms with van der Waals surface area (Å²) < 4.78 is 10.1. The van der Waals surface area contributed by atoms with E-state index < -0.39 is 17.9 Å². The highest BCUT2D eigenvalue weighted by Crippen LogP contribution is 2.26. The van der Waals surface area contributed by atoms with E-state index in [9.17, 15) is 9.59 Å². The summed E-state index contributed by atoms with van der Waals surface area (Å²) in [6.07, 6.45) is -1.50. The molecule has 0 bridgehead atoms. The molecule has 2 amide bonds. The number of ether oxygens (including phenoxy) is 2. The van der Waals surface area contributed by atoms with Crippen molar-refractivity contribution in [3.8, 4) is 11.5 Å². The Kier molecular flexibility index (Phi) is 3.71. The van der Waals surface area contributed by atoms with Gasteiger partial charge in [-0.1, -0.05) is 12.1 Å². The normalized spacial score (nSPS) is 9.88. The first-order valence-electron chi connectivity index (χ1n) is 4.44. The fourth-order valence-electron chi connectivity index (χ4n) is 1.10. The molecule has 6 nitrogen and oxygen atoms in total. The smallest absolute Gasteiger partial charge is 0.268 e. The molecule has 16 heavy (non-hydrogen) atoms. The van der Waals surface area contributed by atoms with Crippen LogP contribution in [-0.2, 0) is 9.59 Å². The zero-order chi connectivity index (χ0) is 12.1. The summed E-state index contributed by atoms with van der Waals surface area (Å²) in [5, 5.41) is 0. The lowest BCUT2D eigenvalue weighted by molar-refractivity contribution is -0.135. The molecule has 0 aromatic heterocycles. The lowest BCUT2D eigenvalue weighted by Crippen LogP contribution is -2.44. The molecular weight excluding hydrogens is 212 g/mol. The van der Waals surface area contributed by atoms with Crippen LogP contribution in [0.5, 0.6) is 11.5 Å². The first-order chi connectivity index (χ1) is 7.56. The largest absolute Gasteiger partial charge is 0.493 e. The van der Waals surface area contributed by atoms with E-state index >= 15 is 0 Å². The van der Waals surface area contributed by atoms with Crippen LogP contribution in [0.1, 0.15) is 0 Å². The van der Waals surface area contributed by atoms with E-state index in [4.69, 9.17) is 20.9 Å². The zero-order valence-electron chi connectivity index (χ0n) is 8.67. The monoisotopic (exact) mass is 224 g/mol. The van der Waals surface area contributed by atoms with Crippen LogP contribution in [-0.4, -0.2) is 25.0 Å². The maximum absolute atomic E-state index is 10.9. The van der Waals surface area contributed by atoms with Crippen molar-refractivity contribution in [2.24, 2.45) is 11.5 Å². The Labute approximate surface area is 92.1 Å². The second kappa shape index (κ2) is 5.01. The van der Waals surface area contributed by atoms with Gasteiger partial charge in [0.2, 0.25) is 0 Å². The molecule has 0 saturated heterocycles. The molecule has 0 fully saturated rings. The third-order valence-electron chi connectivity index (χ3n) is 1.83. The van der Waals surface area contributed by atoms with Gasteiger partial charge in [0.15, 0.2) is 11.5 Å². The molecule has 86 valence electrons. The molecular formula is C10H12N2O4. The van der Waals surface area contributed by atoms with Crippen molar-refractivity contribution in [2.45, 2.75) is 6.10 Å². The number of carbonyl (C=O) groups is 2. The standard InChI is InChI=1S/C10H12N2O4/c1-15-6-4-2-3-5-7(6)16-8(9(11)13)10(12)14/h2-5,8H,1H3,(H2,11,13)(H2,12,14). The fourth-order valence-corrected chi connectivity index (χ4v) is 1.10. The third-order valence-corrected chi connectivity index (χ3v) is 1.83. The van der Waals surface area contributed by atoms with Crippen LogP contribution in [0.4, 0.5) is 0 Å². The maximum atomic E-state index is 10.9. The van der Waals surface area contributed by atoms with Crippen molar-refractivity contribution in [1.82, 2.24) is 0 Å². The molecule has 1 aromatic rings. The summed E-state index contributed by atoms with van der Waals surface area (Å²) >= 11 is 0. The van der Waals surface area contributed by atoms with Gasteiger partial charge < -0.3 is 20.9 Å². The van der Waals surface area contributed by atoms with Crippen LogP contribution in [0.25, 0.3) is 0 Å². The van der Waals surface area contributed by atoms with Crippen molar-refractivity contribution in [3.63, 3.8) is 0 Å². The molecule has 0 unspecified atom stereocenters. The van der Waals surface area contributed by atoms with E-state index in [2.05, 4.69) is 0 Å². The molecule has 0 spiro atoms. The summed E-state index contributed by atoms with van der Waals surface area (Å²) in [4.78, 5) is 21.8. The van der Waals surface area contributed by atoms with Gasteiger partial charge in [0.1, 0.15) is 0 Å². The van der Waals surface area contributed by atoms with Gasteiger partial charge in [0.25, 0.3) is 17.9 Å². The van der Waals surface area contributed by atoms with Crippen LogP contribution in [0, 0.1) is 0 Å². The molecule has 0 aliphatic heterocycles. The predicted octanol–water partition coefficient (Wildman–Crippen LogP) is -0.587. The van der Waals surface area contributed by atoms with Crippen molar-refractivity contribution in [2.75, 3.05) is 7.11 Å². The molecule has 6 heteroatoms. The van der Waals surface area contributed by atoms with Crippen LogP contribution in [0.2, 0.25) is 0 Å². The average molecular weight is 224 g/mol. The zero-order valence-corrected chi connectivity index (χ0v) is 8.67. The lowest BCUT2D eigenvalue weighted by atomic mass is 10.3. The van der Waals surface area contributed by atoms with Crippen LogP contribution in [0.15, 0.2) is 24.3 Å². The Morgan fingerprint density at radius 1 is 1.12 bits per heavy atom. The van der Waals surface area contributed by atoms with Gasteiger partial charge in [-0.15, -0.1) is 0 Å². The van der Waals surface area contributed by atoms with E-state index in [-0.39, 0.29) is 5.75 Å². The van der Waals surface area contributed by atoms with E-state index in [0.29, 0.717) is 5.75 Å². The topological polar surface area (TPSA) is 105 Å². The molecule has 0 radical (unpaired) electrons. The molecule has 0 heterocycles. The minimum absolute atomic E-state index is 0.229. The quantitative estimate of drug-likeness (QED) is 0.652. The molecule has 1 aromatic carbocycles. The molecule has 0 aliphatic carbocycles. The van der Waals surface area contributed by atoms with Gasteiger partial charge in [-0.25, -0.2) is 0 Å². The molecule has 0 atom stereocenters. The van der Waals surface area contributed by atoms with Crippen LogP contribution in [0.3, 0.4) is 0 Å². The van der Waals surface area contributed by atoms with E-state index in [1.165, 1.54) is 13.2 Å². The van der Waals surface area contributed by atoms with Gasteiger partial charge >= 0.3 is 0 Å². The minimum atomic E-state index is -1.50. The van der Waals surface area contributed by atoms with Crippen molar-refractivity contribution >= 4 is 11.8 Å². The SMILES string of the molecule is COc1ccccc1OC(C(N)=O)C(N)=O. The Balaban J connectivity index is 2.93. The highest BCUT2D eigenvalue weighted by molar-refractivity contribution is 6.02. The van der Waals surface area contributed by atoms with E-state index in [1.807, 2.05) is 0 Å². The van der Waals surface area contributed by atoms with Crippen molar-refractivity contribution in [3.05, 3.63) is 24.3 Å². The number of nitrogens with two attached hydrogens (primary N) is 2. The van der Waals surface area contributed by atoms with Crippen LogP contribution < -0.4 is 20.9 Å². The first-order valence-corrected chi connectivity index (χ1v) is 4.44. The number of rotatable bonds is 5. The lowest BCUT2D eigenvalue weighted by Gasteiger charge is -2.14. The Morgan fingerprint density at radius 2 is 1.62 bits per heavy atom. The first kappa shape index (κ1) is 11.8. The predicted molar refractivity (Wildman–Crippen MR) is 55.8 cm³/mol. The third kappa shape index (κ3) is 2.63. The number of para-hydroxylation sites is 2. The molecule has 0 saturated carbocycles. The summed E-state index contributed by atoms with van der Waals surface area (Å²) in [6.45, 7) is 0. The average Bonchev–Trinajstić information content (AvgIpc) is 2.25. The Hall–Kier alpha value is -2.24. The summed E-state index contributed by atoms with van der Waals surface area (Å²) in [6, 6.07) is 6.54. The number of carbonyl (C=O) groups excluding carboxylic acids is 2. The van der Waals surface area contributed by atoms with Crippen molar-refractivity contribution in [1.29, 1.82) is 0 Å². The second-order valence-electron chi connectivity index (χ2n) is 2.95. The van der Waals surface area contributed by atoms with Crippen molar-refractivity contribution < 1.29 is 19.1 Å². The number of amides is 2. The maximum Gasteiger partial charge on any atom is 0.268 e. The van der Waals surface area contributed by atoms with E-state index in [0.717, 1.165) is 0 Å². The molecule has 4 N–H and O–H groups in total. The highest BCUT2D eigenvalue weighted by Gasteiger charge is 2.24. The van der Waals surface area contributed by atoms with Crippen LogP contribution >= 0.6 is 0 Å². The van der Waals surface area contributed by atoms with Gasteiger partial charge in [-0.3, -0.25) is 9.59 Å². The summed E-state index contributed by atoms with van der Waals surface area (Å²) in [7, 11) is 1.44. The Morgan fingerprint density at radius 3 is 2.06 bits per heavy atom. The minimum Gasteiger partial charge on any atom is -0.493 e. The summed E-state index contributed by atoms with van der Waals surface area (Å²) in [5.74, 6) is -1.28. The Bertz CT molecular complexity index is 392. The fraction of sp³-hybridized carbons (Fsp3) is 0.200. The van der Waals surface area contributed by atoms with Gasteiger partial charge in [0, 0.05) is 0 Å². The number of primary amides is 2. The molecule has 1 rings (SSSR count). The second-order valence-corrected chi connectivity index (χ2v) is 2.95. The number of hydrogen-bond acceptors (Lipinski definition) is 4.